The first kappa shape index (κ1) is 19.9. The number of hydrogen-bond acceptors (Lipinski definition) is 2. The van der Waals surface area contributed by atoms with E-state index in [1.54, 1.807) is 0 Å². The third kappa shape index (κ3) is 7.64. The fraction of sp³-hybridized carbons (Fsp3) is 1.00. The van der Waals surface area contributed by atoms with Crippen molar-refractivity contribution in [2.24, 2.45) is 28.7 Å². The predicted octanol–water partition coefficient (Wildman–Crippen LogP) is 4.71. The van der Waals surface area contributed by atoms with Crippen molar-refractivity contribution in [3.05, 3.63) is 0 Å². The fourth-order valence-electron chi connectivity index (χ4n) is 3.36. The van der Waals surface area contributed by atoms with Crippen LogP contribution in [0.3, 0.4) is 0 Å². The molecule has 4 N–H and O–H groups in total. The third-order valence-electron chi connectivity index (χ3n) is 5.41. The van der Waals surface area contributed by atoms with E-state index >= 15 is 0 Å². The zero-order chi connectivity index (χ0) is 15.4. The van der Waals surface area contributed by atoms with Gasteiger partial charge in [0.05, 0.1) is 0 Å². The van der Waals surface area contributed by atoms with Gasteiger partial charge in [-0.25, -0.2) is 0 Å². The van der Waals surface area contributed by atoms with Crippen LogP contribution in [0, 0.1) is 17.3 Å². The van der Waals surface area contributed by atoms with Gasteiger partial charge in [-0.05, 0) is 49.6 Å². The molecule has 122 valence electrons. The molecule has 0 spiro atoms. The van der Waals surface area contributed by atoms with Crippen LogP contribution in [-0.4, -0.2) is 13.1 Å². The second kappa shape index (κ2) is 11.6. The van der Waals surface area contributed by atoms with E-state index in [0.29, 0.717) is 5.41 Å². The van der Waals surface area contributed by atoms with Crippen molar-refractivity contribution in [1.82, 2.24) is 0 Å². The molecule has 2 nitrogen and oxygen atoms in total. The molecule has 0 fully saturated rings. The van der Waals surface area contributed by atoms with Crippen LogP contribution in [0.15, 0.2) is 0 Å². The summed E-state index contributed by atoms with van der Waals surface area (Å²) >= 11 is 0. The molecule has 2 unspecified atom stereocenters. The van der Waals surface area contributed by atoms with E-state index in [4.69, 9.17) is 11.5 Å². The lowest BCUT2D eigenvalue weighted by Crippen LogP contribution is -2.31. The highest BCUT2D eigenvalue weighted by Crippen LogP contribution is 2.42. The molecule has 0 radical (unpaired) electrons. The molecular weight excluding hydrogens is 244 g/mol. The van der Waals surface area contributed by atoms with Crippen molar-refractivity contribution in [2.75, 3.05) is 13.1 Å². The monoisotopic (exact) mass is 284 g/mol. The second-order valence-electron chi connectivity index (χ2n) is 7.10. The van der Waals surface area contributed by atoms with E-state index in [-0.39, 0.29) is 0 Å². The van der Waals surface area contributed by atoms with Crippen molar-refractivity contribution in [3.8, 4) is 0 Å². The lowest BCUT2D eigenvalue weighted by molar-refractivity contribution is 0.103. The van der Waals surface area contributed by atoms with E-state index in [1.807, 2.05) is 0 Å². The van der Waals surface area contributed by atoms with Crippen LogP contribution in [0.5, 0.6) is 0 Å². The molecule has 0 rings (SSSR count). The quantitative estimate of drug-likeness (QED) is 0.481. The van der Waals surface area contributed by atoms with Crippen LogP contribution < -0.4 is 11.5 Å². The molecule has 20 heavy (non-hydrogen) atoms. The van der Waals surface area contributed by atoms with Gasteiger partial charge in [-0.15, -0.1) is 0 Å². The Bertz CT molecular complexity index is 213. The summed E-state index contributed by atoms with van der Waals surface area (Å²) in [5.74, 6) is 1.65. The van der Waals surface area contributed by atoms with E-state index in [9.17, 15) is 0 Å². The Morgan fingerprint density at radius 1 is 0.800 bits per heavy atom. The smallest absolute Gasteiger partial charge is 0.00773 e. The molecule has 0 aromatic carbocycles. The molecule has 0 aliphatic carbocycles. The topological polar surface area (TPSA) is 52.0 Å². The maximum absolute atomic E-state index is 5.62. The van der Waals surface area contributed by atoms with Crippen molar-refractivity contribution < 1.29 is 0 Å². The van der Waals surface area contributed by atoms with Crippen molar-refractivity contribution in [1.29, 1.82) is 0 Å². The average molecular weight is 285 g/mol. The zero-order valence-corrected chi connectivity index (χ0v) is 14.6. The Labute approximate surface area is 128 Å². The van der Waals surface area contributed by atoms with E-state index in [2.05, 4.69) is 27.7 Å². The SMILES string of the molecule is CCC(CCCCN)C(C)(C)C(C)CCCCCCN. The molecule has 0 aliphatic rings. The van der Waals surface area contributed by atoms with Gasteiger partial charge < -0.3 is 11.5 Å². The molecule has 0 saturated heterocycles. The minimum absolute atomic E-state index is 0.456. The molecule has 0 aliphatic heterocycles. The number of unbranched alkanes of at least 4 members (excludes halogenated alkanes) is 4. The van der Waals surface area contributed by atoms with Crippen molar-refractivity contribution in [2.45, 2.75) is 85.5 Å². The minimum Gasteiger partial charge on any atom is -0.330 e. The normalized spacial score (nSPS) is 15.3. The number of rotatable bonds is 13. The van der Waals surface area contributed by atoms with Gasteiger partial charge in [0, 0.05) is 0 Å². The summed E-state index contributed by atoms with van der Waals surface area (Å²) in [5.41, 5.74) is 11.6. The molecule has 2 heteroatoms. The lowest BCUT2D eigenvalue weighted by atomic mass is 9.66. The van der Waals surface area contributed by atoms with Gasteiger partial charge in [0.25, 0.3) is 0 Å². The average Bonchev–Trinajstić information content (AvgIpc) is 2.42. The molecule has 2 atom stereocenters. The molecule has 0 aromatic rings. The Kier molecular flexibility index (Phi) is 11.5. The van der Waals surface area contributed by atoms with Gasteiger partial charge >= 0.3 is 0 Å². The summed E-state index contributed by atoms with van der Waals surface area (Å²) in [6, 6.07) is 0. The first-order valence-electron chi connectivity index (χ1n) is 8.90. The van der Waals surface area contributed by atoms with Crippen molar-refractivity contribution >= 4 is 0 Å². The van der Waals surface area contributed by atoms with Gasteiger partial charge in [0.2, 0.25) is 0 Å². The Balaban J connectivity index is 4.13. The summed E-state index contributed by atoms with van der Waals surface area (Å²) in [6.45, 7) is 11.5. The lowest BCUT2D eigenvalue weighted by Gasteiger charge is -2.40. The number of hydrogen-bond donors (Lipinski definition) is 2. The molecule has 0 saturated carbocycles. The molecule has 0 heterocycles. The summed E-state index contributed by atoms with van der Waals surface area (Å²) in [6.07, 6.45) is 11.7. The van der Waals surface area contributed by atoms with Gasteiger partial charge in [-0.1, -0.05) is 66.2 Å². The van der Waals surface area contributed by atoms with E-state index < -0.39 is 0 Å². The Morgan fingerprint density at radius 2 is 1.30 bits per heavy atom. The molecule has 0 aromatic heterocycles. The van der Waals surface area contributed by atoms with Crippen LogP contribution in [-0.2, 0) is 0 Å². The minimum atomic E-state index is 0.456. The molecule has 0 bridgehead atoms. The van der Waals surface area contributed by atoms with E-state index in [1.165, 1.54) is 57.8 Å². The van der Waals surface area contributed by atoms with Gasteiger partial charge in [-0.3, -0.25) is 0 Å². The van der Waals surface area contributed by atoms with Crippen LogP contribution in [0.1, 0.15) is 85.5 Å². The number of nitrogens with two attached hydrogens (primary N) is 2. The van der Waals surface area contributed by atoms with E-state index in [0.717, 1.165) is 24.9 Å². The summed E-state index contributed by atoms with van der Waals surface area (Å²) in [4.78, 5) is 0. The fourth-order valence-corrected chi connectivity index (χ4v) is 3.36. The van der Waals surface area contributed by atoms with Gasteiger partial charge in [0.1, 0.15) is 0 Å². The van der Waals surface area contributed by atoms with Gasteiger partial charge in [0.15, 0.2) is 0 Å². The Morgan fingerprint density at radius 3 is 1.85 bits per heavy atom. The summed E-state index contributed by atoms with van der Waals surface area (Å²) < 4.78 is 0. The highest BCUT2D eigenvalue weighted by Gasteiger charge is 2.32. The third-order valence-corrected chi connectivity index (χ3v) is 5.41. The standard InChI is InChI=1S/C18H40N2/c1-5-17(13-9-11-15-20)18(3,4)16(2)12-8-6-7-10-14-19/h16-17H,5-15,19-20H2,1-4H3. The second-order valence-corrected chi connectivity index (χ2v) is 7.10. The maximum Gasteiger partial charge on any atom is -0.00773 e. The Hall–Kier alpha value is -0.0800. The molecular formula is C18H40N2. The van der Waals surface area contributed by atoms with Gasteiger partial charge in [-0.2, -0.15) is 0 Å². The predicted molar refractivity (Wildman–Crippen MR) is 91.8 cm³/mol. The zero-order valence-electron chi connectivity index (χ0n) is 14.6. The summed E-state index contributed by atoms with van der Waals surface area (Å²) in [7, 11) is 0. The van der Waals surface area contributed by atoms with Crippen LogP contribution in [0.2, 0.25) is 0 Å². The largest absolute Gasteiger partial charge is 0.330 e. The molecule has 0 amide bonds. The van der Waals surface area contributed by atoms with Crippen LogP contribution in [0.4, 0.5) is 0 Å². The van der Waals surface area contributed by atoms with Crippen LogP contribution in [0.25, 0.3) is 0 Å². The van der Waals surface area contributed by atoms with Crippen molar-refractivity contribution in [3.63, 3.8) is 0 Å². The first-order chi connectivity index (χ1) is 9.50. The maximum atomic E-state index is 5.62. The first-order valence-corrected chi connectivity index (χ1v) is 8.90. The summed E-state index contributed by atoms with van der Waals surface area (Å²) in [5, 5.41) is 0. The highest BCUT2D eigenvalue weighted by atomic mass is 14.5. The van der Waals surface area contributed by atoms with Crippen LogP contribution >= 0.6 is 0 Å². The highest BCUT2D eigenvalue weighted by molar-refractivity contribution is 4.82.